The lowest BCUT2D eigenvalue weighted by molar-refractivity contribution is -0.120. The van der Waals surface area contributed by atoms with Gasteiger partial charge in [-0.1, -0.05) is 19.9 Å². The molecule has 9 heteroatoms. The second kappa shape index (κ2) is 9.87. The second-order valence-electron chi connectivity index (χ2n) is 11.3. The van der Waals surface area contributed by atoms with Crippen LogP contribution in [-0.2, 0) is 11.2 Å². The molecule has 0 bridgehead atoms. The fourth-order valence-corrected chi connectivity index (χ4v) is 6.02. The van der Waals surface area contributed by atoms with Crippen LogP contribution in [0.15, 0.2) is 36.4 Å². The summed E-state index contributed by atoms with van der Waals surface area (Å²) in [4.78, 5) is 37.2. The van der Waals surface area contributed by atoms with Gasteiger partial charge in [0, 0.05) is 40.8 Å². The average Bonchev–Trinajstić information content (AvgIpc) is 3.17. The molecule has 0 spiro atoms. The number of hydrogen-bond acceptors (Lipinski definition) is 5. The van der Waals surface area contributed by atoms with Crippen molar-refractivity contribution in [2.24, 2.45) is 16.9 Å². The second-order valence-corrected chi connectivity index (χ2v) is 11.3. The first-order chi connectivity index (χ1) is 18.1. The van der Waals surface area contributed by atoms with E-state index in [9.17, 15) is 18.8 Å². The Morgan fingerprint density at radius 3 is 2.45 bits per heavy atom. The van der Waals surface area contributed by atoms with Gasteiger partial charge in [0.25, 0.3) is 5.91 Å². The third-order valence-electron chi connectivity index (χ3n) is 7.76. The van der Waals surface area contributed by atoms with Crippen molar-refractivity contribution in [1.82, 2.24) is 9.88 Å². The Morgan fingerprint density at radius 2 is 1.76 bits per heavy atom. The maximum absolute atomic E-state index is 14.3. The molecule has 1 saturated carbocycles. The van der Waals surface area contributed by atoms with Crippen molar-refractivity contribution < 1.29 is 18.8 Å². The molecule has 2 amide bonds. The minimum atomic E-state index is -0.537. The van der Waals surface area contributed by atoms with Crippen LogP contribution in [-0.4, -0.2) is 40.9 Å². The van der Waals surface area contributed by atoms with Gasteiger partial charge < -0.3 is 22.1 Å². The number of nitrogens with two attached hydrogens (primary N) is 2. The summed E-state index contributed by atoms with van der Waals surface area (Å²) in [5, 5.41) is 7.25. The van der Waals surface area contributed by atoms with E-state index in [1.54, 1.807) is 16.7 Å². The van der Waals surface area contributed by atoms with Crippen LogP contribution in [0.5, 0.6) is 0 Å². The van der Waals surface area contributed by atoms with Crippen molar-refractivity contribution >= 4 is 34.3 Å². The lowest BCUT2D eigenvalue weighted by Gasteiger charge is -2.31. The highest BCUT2D eigenvalue weighted by molar-refractivity contribution is 6.06. The third-order valence-corrected chi connectivity index (χ3v) is 7.76. The zero-order valence-corrected chi connectivity index (χ0v) is 21.8. The van der Waals surface area contributed by atoms with Gasteiger partial charge in [-0.3, -0.25) is 19.0 Å². The maximum atomic E-state index is 14.3. The first-order valence-electron chi connectivity index (χ1n) is 13.1. The van der Waals surface area contributed by atoms with Crippen LogP contribution >= 0.6 is 0 Å². The summed E-state index contributed by atoms with van der Waals surface area (Å²) in [7, 11) is 0. The molecular weight excluding hydrogens is 485 g/mol. The van der Waals surface area contributed by atoms with Crippen LogP contribution in [0.3, 0.4) is 0 Å². The van der Waals surface area contributed by atoms with Gasteiger partial charge in [0.05, 0.1) is 17.6 Å². The largest absolute Gasteiger partial charge is 0.382 e. The molecule has 2 aliphatic rings. The SMILES string of the molecule is CC1(C)CC(=O)n2c(c(-c3ccc(C(N)=O)c(N[C@H]4CC[C@H](NC(=O)CN)CC4)c3)c3ccc(F)cc32)C1. The molecule has 0 saturated heterocycles. The van der Waals surface area contributed by atoms with E-state index in [4.69, 9.17) is 11.5 Å². The number of primary amides is 1. The molecule has 8 nitrogen and oxygen atoms in total. The number of benzene rings is 2. The number of fused-ring (bicyclic) bond motifs is 3. The highest BCUT2D eigenvalue weighted by Gasteiger charge is 2.35. The Kier molecular flexibility index (Phi) is 6.73. The zero-order valence-electron chi connectivity index (χ0n) is 21.8. The van der Waals surface area contributed by atoms with Crippen LogP contribution in [0.25, 0.3) is 22.0 Å². The van der Waals surface area contributed by atoms with Crippen molar-refractivity contribution in [2.45, 2.75) is 64.5 Å². The maximum Gasteiger partial charge on any atom is 0.250 e. The number of aromatic nitrogens is 1. The van der Waals surface area contributed by atoms with Gasteiger partial charge in [-0.2, -0.15) is 0 Å². The van der Waals surface area contributed by atoms with Crippen LogP contribution in [0, 0.1) is 11.2 Å². The summed E-state index contributed by atoms with van der Waals surface area (Å²) < 4.78 is 15.9. The molecule has 0 atom stereocenters. The predicted molar refractivity (Wildman–Crippen MR) is 145 cm³/mol. The molecule has 2 heterocycles. The molecule has 1 aromatic heterocycles. The molecule has 6 N–H and O–H groups in total. The lowest BCUT2D eigenvalue weighted by Crippen LogP contribution is -2.42. The van der Waals surface area contributed by atoms with E-state index < -0.39 is 11.7 Å². The summed E-state index contributed by atoms with van der Waals surface area (Å²) in [5.41, 5.74) is 15.0. The van der Waals surface area contributed by atoms with Gasteiger partial charge in [-0.15, -0.1) is 0 Å². The Morgan fingerprint density at radius 1 is 1.05 bits per heavy atom. The van der Waals surface area contributed by atoms with Gasteiger partial charge in [-0.05, 0) is 73.4 Å². The number of nitrogens with one attached hydrogen (secondary N) is 2. The monoisotopic (exact) mass is 519 g/mol. The van der Waals surface area contributed by atoms with Gasteiger partial charge in [0.1, 0.15) is 5.82 Å². The Bertz CT molecular complexity index is 1440. The summed E-state index contributed by atoms with van der Waals surface area (Å²) in [6.07, 6.45) is 4.25. The van der Waals surface area contributed by atoms with E-state index in [0.717, 1.165) is 47.9 Å². The van der Waals surface area contributed by atoms with Gasteiger partial charge in [0.15, 0.2) is 0 Å². The zero-order chi connectivity index (χ0) is 27.2. The summed E-state index contributed by atoms with van der Waals surface area (Å²) in [5.74, 6) is -1.14. The molecule has 1 fully saturated rings. The van der Waals surface area contributed by atoms with E-state index in [1.807, 2.05) is 12.1 Å². The van der Waals surface area contributed by atoms with E-state index in [1.165, 1.54) is 12.1 Å². The third kappa shape index (κ3) is 4.90. The minimum absolute atomic E-state index is 0.0270. The Hall–Kier alpha value is -3.72. The number of halogens is 1. The predicted octanol–water partition coefficient (Wildman–Crippen LogP) is 3.96. The highest BCUT2D eigenvalue weighted by atomic mass is 19.1. The molecule has 1 aliphatic carbocycles. The minimum Gasteiger partial charge on any atom is -0.382 e. The first kappa shape index (κ1) is 25.9. The van der Waals surface area contributed by atoms with Gasteiger partial charge in [-0.25, -0.2) is 4.39 Å². The molecule has 2 aromatic carbocycles. The quantitative estimate of drug-likeness (QED) is 0.391. The smallest absolute Gasteiger partial charge is 0.250 e. The molecule has 1 aliphatic heterocycles. The van der Waals surface area contributed by atoms with Crippen LogP contribution in [0.2, 0.25) is 0 Å². The Balaban J connectivity index is 1.53. The summed E-state index contributed by atoms with van der Waals surface area (Å²) in [6, 6.07) is 10.2. The molecule has 200 valence electrons. The number of hydrogen-bond donors (Lipinski definition) is 4. The van der Waals surface area contributed by atoms with Crippen LogP contribution in [0.4, 0.5) is 10.1 Å². The molecule has 0 radical (unpaired) electrons. The fraction of sp³-hybridized carbons (Fsp3) is 0.414. The van der Waals surface area contributed by atoms with E-state index in [0.29, 0.717) is 29.6 Å². The number of amides is 2. The van der Waals surface area contributed by atoms with Crippen molar-refractivity contribution in [2.75, 3.05) is 11.9 Å². The van der Waals surface area contributed by atoms with Crippen molar-refractivity contribution in [3.63, 3.8) is 0 Å². The van der Waals surface area contributed by atoms with Gasteiger partial charge in [0.2, 0.25) is 11.8 Å². The summed E-state index contributed by atoms with van der Waals surface area (Å²) in [6.45, 7) is 4.10. The molecular formula is C29H34FN5O3. The van der Waals surface area contributed by atoms with Crippen LogP contribution in [0.1, 0.15) is 66.8 Å². The number of anilines is 1. The topological polar surface area (TPSA) is 132 Å². The van der Waals surface area contributed by atoms with Crippen molar-refractivity contribution in [1.29, 1.82) is 0 Å². The first-order valence-corrected chi connectivity index (χ1v) is 13.1. The highest BCUT2D eigenvalue weighted by Crippen LogP contribution is 2.43. The normalized spacial score (nSPS) is 20.7. The van der Waals surface area contributed by atoms with E-state index in [-0.39, 0.29) is 35.9 Å². The molecule has 3 aromatic rings. The summed E-state index contributed by atoms with van der Waals surface area (Å²) >= 11 is 0. The molecule has 38 heavy (non-hydrogen) atoms. The fourth-order valence-electron chi connectivity index (χ4n) is 6.02. The van der Waals surface area contributed by atoms with Crippen molar-refractivity contribution in [3.05, 3.63) is 53.5 Å². The number of carbonyl (C=O) groups excluding carboxylic acids is 3. The molecule has 0 unspecified atom stereocenters. The average molecular weight is 520 g/mol. The Labute approximate surface area is 220 Å². The number of rotatable bonds is 6. The lowest BCUT2D eigenvalue weighted by atomic mass is 9.80. The molecule has 5 rings (SSSR count). The van der Waals surface area contributed by atoms with Crippen LogP contribution < -0.4 is 22.1 Å². The standard InChI is InChI=1S/C29H34FN5O3/c1-29(2)13-24-27(21-10-4-17(30)12-23(21)35(24)26(37)14-29)16-3-9-20(28(32)38)22(11-16)33-18-5-7-19(8-6-18)34-25(36)15-31/h3-4,9-12,18-19,33H,5-8,13-15,31H2,1-2H3,(H2,32,38)(H,34,36)/t18-,19-. The van der Waals surface area contributed by atoms with Crippen molar-refractivity contribution in [3.8, 4) is 11.1 Å². The number of carbonyl (C=O) groups is 3. The van der Waals surface area contributed by atoms with Gasteiger partial charge >= 0.3 is 0 Å². The van der Waals surface area contributed by atoms with E-state index in [2.05, 4.69) is 24.5 Å². The van der Waals surface area contributed by atoms with E-state index >= 15 is 0 Å². The number of nitrogens with zero attached hydrogens (tertiary/aromatic N) is 1.